The molecule has 2 aromatic rings. The number of hydrogen-bond donors (Lipinski definition) is 2. The number of benzene rings is 2. The number of anilines is 2. The van der Waals surface area contributed by atoms with Gasteiger partial charge in [0.1, 0.15) is 18.1 Å². The number of nitrogens with zero attached hydrogens (tertiary/aromatic N) is 1. The summed E-state index contributed by atoms with van der Waals surface area (Å²) in [6, 6.07) is 9.75. The van der Waals surface area contributed by atoms with Gasteiger partial charge in [-0.3, -0.25) is 14.5 Å². The number of ether oxygens (including phenoxy) is 3. The smallest absolute Gasteiger partial charge is 0.416 e. The highest BCUT2D eigenvalue weighted by atomic mass is 19.4. The van der Waals surface area contributed by atoms with Gasteiger partial charge in [-0.1, -0.05) is 19.1 Å². The third-order valence-electron chi connectivity index (χ3n) is 4.78. The number of carbonyl (C=O) groups is 2. The van der Waals surface area contributed by atoms with Crippen LogP contribution in [-0.2, 0) is 20.5 Å². The summed E-state index contributed by atoms with van der Waals surface area (Å²) in [4.78, 5) is 26.9. The van der Waals surface area contributed by atoms with Crippen molar-refractivity contribution in [1.29, 1.82) is 0 Å². The van der Waals surface area contributed by atoms with Crippen molar-refractivity contribution in [2.75, 3.05) is 57.7 Å². The molecule has 0 bridgehead atoms. The van der Waals surface area contributed by atoms with Gasteiger partial charge in [0.2, 0.25) is 11.8 Å². The Kier molecular flexibility index (Phi) is 10.8. The zero-order chi connectivity index (χ0) is 25.8. The molecule has 0 radical (unpaired) electrons. The lowest BCUT2D eigenvalue weighted by Crippen LogP contribution is -2.39. The third-order valence-corrected chi connectivity index (χ3v) is 4.78. The van der Waals surface area contributed by atoms with Crippen LogP contribution in [0.2, 0.25) is 0 Å². The van der Waals surface area contributed by atoms with Gasteiger partial charge in [0.05, 0.1) is 43.7 Å². The van der Waals surface area contributed by atoms with Crippen molar-refractivity contribution < 1.29 is 37.0 Å². The van der Waals surface area contributed by atoms with Crippen LogP contribution in [0.15, 0.2) is 42.5 Å². The molecule has 192 valence electrons. The molecule has 2 rings (SSSR count). The Labute approximate surface area is 202 Å². The summed E-state index contributed by atoms with van der Waals surface area (Å²) in [7, 11) is 2.95. The molecule has 11 heteroatoms. The van der Waals surface area contributed by atoms with Gasteiger partial charge < -0.3 is 24.8 Å². The van der Waals surface area contributed by atoms with E-state index in [-0.39, 0.29) is 43.6 Å². The Morgan fingerprint density at radius 1 is 0.914 bits per heavy atom. The molecule has 0 fully saturated rings. The van der Waals surface area contributed by atoms with Crippen molar-refractivity contribution in [3.8, 4) is 11.5 Å². The summed E-state index contributed by atoms with van der Waals surface area (Å²) in [5, 5.41) is 5.22. The Morgan fingerprint density at radius 2 is 1.57 bits per heavy atom. The maximum absolute atomic E-state index is 13.2. The van der Waals surface area contributed by atoms with E-state index >= 15 is 0 Å². The molecule has 0 aliphatic heterocycles. The van der Waals surface area contributed by atoms with E-state index in [1.807, 2.05) is 6.92 Å². The Hall–Kier alpha value is -3.31. The topological polar surface area (TPSA) is 89.1 Å². The lowest BCUT2D eigenvalue weighted by Gasteiger charge is -2.22. The molecule has 0 unspecified atom stereocenters. The third kappa shape index (κ3) is 9.10. The van der Waals surface area contributed by atoms with Crippen LogP contribution in [0.4, 0.5) is 24.5 Å². The molecule has 0 atom stereocenters. The van der Waals surface area contributed by atoms with Crippen molar-refractivity contribution in [3.63, 3.8) is 0 Å². The van der Waals surface area contributed by atoms with Gasteiger partial charge in [-0.2, -0.15) is 13.2 Å². The van der Waals surface area contributed by atoms with Crippen LogP contribution in [-0.4, -0.2) is 63.8 Å². The molecule has 0 aliphatic rings. The maximum atomic E-state index is 13.2. The predicted octanol–water partition coefficient (Wildman–Crippen LogP) is 4.03. The number of carbonyl (C=O) groups excluding carboxylic acids is 2. The molecule has 0 aromatic heterocycles. The minimum atomic E-state index is -4.59. The molecule has 2 N–H and O–H groups in total. The van der Waals surface area contributed by atoms with E-state index in [4.69, 9.17) is 14.2 Å². The summed E-state index contributed by atoms with van der Waals surface area (Å²) >= 11 is 0. The van der Waals surface area contributed by atoms with E-state index in [1.54, 1.807) is 29.2 Å². The van der Waals surface area contributed by atoms with Crippen LogP contribution in [0.5, 0.6) is 11.5 Å². The van der Waals surface area contributed by atoms with Gasteiger partial charge in [-0.15, -0.1) is 0 Å². The van der Waals surface area contributed by atoms with Crippen LogP contribution in [0, 0.1) is 0 Å². The summed E-state index contributed by atoms with van der Waals surface area (Å²) < 4.78 is 55.1. The van der Waals surface area contributed by atoms with Crippen LogP contribution in [0.25, 0.3) is 0 Å². The number of hydrogen-bond acceptors (Lipinski definition) is 6. The second-order valence-electron chi connectivity index (χ2n) is 7.56. The molecule has 35 heavy (non-hydrogen) atoms. The largest absolute Gasteiger partial charge is 0.495 e. The van der Waals surface area contributed by atoms with Gasteiger partial charge in [0.25, 0.3) is 0 Å². The fraction of sp³-hybridized carbons (Fsp3) is 0.417. The van der Waals surface area contributed by atoms with Crippen molar-refractivity contribution in [1.82, 2.24) is 4.90 Å². The minimum absolute atomic E-state index is 0.0827. The number of nitrogens with one attached hydrogen (secondary N) is 2. The van der Waals surface area contributed by atoms with E-state index in [1.165, 1.54) is 14.2 Å². The molecule has 0 saturated carbocycles. The number of alkyl halides is 3. The van der Waals surface area contributed by atoms with Crippen LogP contribution in [0.3, 0.4) is 0 Å². The maximum Gasteiger partial charge on any atom is 0.416 e. The summed E-state index contributed by atoms with van der Waals surface area (Å²) in [6.45, 7) is 2.32. The molecule has 0 heterocycles. The first kappa shape index (κ1) is 27.9. The lowest BCUT2D eigenvalue weighted by atomic mass is 10.1. The number of para-hydroxylation sites is 2. The van der Waals surface area contributed by atoms with Crippen LogP contribution < -0.4 is 20.1 Å². The highest BCUT2D eigenvalue weighted by Crippen LogP contribution is 2.35. The van der Waals surface area contributed by atoms with Gasteiger partial charge in [-0.25, -0.2) is 0 Å². The minimum Gasteiger partial charge on any atom is -0.495 e. The number of methoxy groups -OCH3 is 2. The van der Waals surface area contributed by atoms with Gasteiger partial charge in [-0.05, 0) is 43.3 Å². The predicted molar refractivity (Wildman–Crippen MR) is 126 cm³/mol. The summed E-state index contributed by atoms with van der Waals surface area (Å²) in [5.41, 5.74) is -0.549. The summed E-state index contributed by atoms with van der Waals surface area (Å²) in [6.07, 6.45) is -3.93. The average molecular weight is 498 g/mol. The molecular formula is C24H30F3N3O5. The van der Waals surface area contributed by atoms with Gasteiger partial charge >= 0.3 is 6.18 Å². The van der Waals surface area contributed by atoms with Crippen LogP contribution >= 0.6 is 0 Å². The normalized spacial score (nSPS) is 11.3. The monoisotopic (exact) mass is 497 g/mol. The second-order valence-corrected chi connectivity index (χ2v) is 7.56. The zero-order valence-electron chi connectivity index (χ0n) is 19.9. The first-order chi connectivity index (χ1) is 16.7. The molecule has 2 amide bonds. The highest BCUT2D eigenvalue weighted by molar-refractivity contribution is 5.96. The fourth-order valence-corrected chi connectivity index (χ4v) is 3.23. The fourth-order valence-electron chi connectivity index (χ4n) is 3.23. The summed E-state index contributed by atoms with van der Waals surface area (Å²) in [5.74, 6) is -0.372. The van der Waals surface area contributed by atoms with Crippen LogP contribution in [0.1, 0.15) is 18.9 Å². The Bertz CT molecular complexity index is 985. The number of rotatable bonds is 13. The molecule has 0 saturated heterocycles. The Morgan fingerprint density at radius 3 is 2.17 bits per heavy atom. The average Bonchev–Trinajstić information content (AvgIpc) is 2.79. The van der Waals surface area contributed by atoms with Crippen molar-refractivity contribution in [2.45, 2.75) is 19.5 Å². The molecule has 2 aromatic carbocycles. The lowest BCUT2D eigenvalue weighted by molar-refractivity contribution is -0.137. The van der Waals surface area contributed by atoms with Gasteiger partial charge in [0, 0.05) is 7.11 Å². The Balaban J connectivity index is 2.09. The molecular weight excluding hydrogens is 467 g/mol. The van der Waals surface area contributed by atoms with E-state index in [0.29, 0.717) is 24.4 Å². The molecule has 0 spiro atoms. The highest BCUT2D eigenvalue weighted by Gasteiger charge is 2.31. The standard InChI is InChI=1S/C24H30F3N3O5/c1-4-11-30(15-22(31)28-18-7-5-6-8-20(18)34-3)16-23(32)29-19-14-17(24(25,26)27)9-10-21(19)35-13-12-33-2/h5-10,14H,4,11-13,15-16H2,1-3H3,(H,28,31)(H,29,32). The number of amides is 2. The van der Waals surface area contributed by atoms with E-state index < -0.39 is 17.6 Å². The van der Waals surface area contributed by atoms with Gasteiger partial charge in [0.15, 0.2) is 0 Å². The first-order valence-electron chi connectivity index (χ1n) is 11.0. The van der Waals surface area contributed by atoms with E-state index in [2.05, 4.69) is 10.6 Å². The second kappa shape index (κ2) is 13.5. The van der Waals surface area contributed by atoms with E-state index in [0.717, 1.165) is 18.2 Å². The quantitative estimate of drug-likeness (QED) is 0.407. The van der Waals surface area contributed by atoms with Crippen molar-refractivity contribution >= 4 is 23.2 Å². The first-order valence-corrected chi connectivity index (χ1v) is 11.0. The van der Waals surface area contributed by atoms with Crippen molar-refractivity contribution in [2.24, 2.45) is 0 Å². The van der Waals surface area contributed by atoms with Crippen molar-refractivity contribution in [3.05, 3.63) is 48.0 Å². The molecule has 0 aliphatic carbocycles. The van der Waals surface area contributed by atoms with E-state index in [9.17, 15) is 22.8 Å². The zero-order valence-corrected chi connectivity index (χ0v) is 19.9. The SMILES string of the molecule is CCCN(CC(=O)Nc1ccccc1OC)CC(=O)Nc1cc(C(F)(F)F)ccc1OCCOC. The number of halogens is 3. The molecule has 8 nitrogen and oxygen atoms in total.